The summed E-state index contributed by atoms with van der Waals surface area (Å²) in [4.78, 5) is 48.7. The van der Waals surface area contributed by atoms with Gasteiger partial charge in [0.05, 0.1) is 5.54 Å². The first-order valence-electron chi connectivity index (χ1n) is 10.9. The Morgan fingerprint density at radius 3 is 1.43 bits per heavy atom. The summed E-state index contributed by atoms with van der Waals surface area (Å²) in [6.45, 7) is 21.0. The molecule has 0 aliphatic carbocycles. The number of hydrogen-bond donors (Lipinski definition) is 0. The lowest BCUT2D eigenvalue weighted by molar-refractivity contribution is -0.153. The smallest absolute Gasteiger partial charge is 0.330 e. The third-order valence-corrected chi connectivity index (χ3v) is 4.94. The van der Waals surface area contributed by atoms with E-state index in [-0.39, 0.29) is 39.5 Å². The van der Waals surface area contributed by atoms with E-state index in [2.05, 4.69) is 39.5 Å². The van der Waals surface area contributed by atoms with E-state index in [0.717, 1.165) is 29.9 Å². The van der Waals surface area contributed by atoms with Gasteiger partial charge >= 0.3 is 23.9 Å². The van der Waals surface area contributed by atoms with Gasteiger partial charge in [-0.2, -0.15) is 0 Å². The van der Waals surface area contributed by atoms with Gasteiger partial charge < -0.3 is 18.9 Å². The number of ether oxygens (including phenoxy) is 4. The molecule has 0 heterocycles. The SMILES string of the molecule is C=CC(=C)CCCC(COC(=O)C=C)(COC(=O)C=C)N(CCOC(=O)C=C)CCOC(=O)C=C. The van der Waals surface area contributed by atoms with Crippen molar-refractivity contribution in [2.45, 2.75) is 24.8 Å². The van der Waals surface area contributed by atoms with Crippen LogP contribution in [0.5, 0.6) is 0 Å². The molecule has 0 rings (SSSR count). The maximum atomic E-state index is 11.9. The molecule has 0 spiro atoms. The van der Waals surface area contributed by atoms with Gasteiger partial charge in [0, 0.05) is 37.4 Å². The molecule has 0 saturated carbocycles. The quantitative estimate of drug-likeness (QED) is 0.110. The molecule has 0 radical (unpaired) electrons. The molecule has 9 heteroatoms. The number of allylic oxidation sites excluding steroid dienone is 2. The van der Waals surface area contributed by atoms with E-state index in [4.69, 9.17) is 18.9 Å². The van der Waals surface area contributed by atoms with Crippen LogP contribution in [0.15, 0.2) is 75.4 Å². The summed E-state index contributed by atoms with van der Waals surface area (Å²) >= 11 is 0. The molecule has 0 N–H and O–H groups in total. The highest BCUT2D eigenvalue weighted by Gasteiger charge is 2.39. The molecule has 0 fully saturated rings. The van der Waals surface area contributed by atoms with Gasteiger partial charge in [0.25, 0.3) is 0 Å². The highest BCUT2D eigenvalue weighted by Crippen LogP contribution is 2.26. The zero-order valence-corrected chi connectivity index (χ0v) is 20.2. The lowest BCUT2D eigenvalue weighted by atomic mass is 9.90. The number of carbonyl (C=O) groups is 4. The summed E-state index contributed by atoms with van der Waals surface area (Å²) in [5.41, 5.74) is -0.267. The van der Waals surface area contributed by atoms with Crippen molar-refractivity contribution >= 4 is 23.9 Å². The van der Waals surface area contributed by atoms with Crippen molar-refractivity contribution in [1.29, 1.82) is 0 Å². The zero-order valence-electron chi connectivity index (χ0n) is 20.2. The molecule has 0 amide bonds. The van der Waals surface area contributed by atoms with Crippen LogP contribution >= 0.6 is 0 Å². The first-order chi connectivity index (χ1) is 16.7. The Bertz CT molecular complexity index is 764. The minimum absolute atomic E-state index is 0.0494. The summed E-state index contributed by atoms with van der Waals surface area (Å²) in [5.74, 6) is -2.58. The molecule has 9 nitrogen and oxygen atoms in total. The number of esters is 4. The number of hydrogen-bond acceptors (Lipinski definition) is 9. The standard InChI is InChI=1S/C26H35NO8/c1-7-21(6)13-12-14-26(19-34-24(30)10-4,20-35-25(31)11-5)27(15-17-32-22(28)8-2)16-18-33-23(29)9-3/h7-11H,1-6,12-20H2. The summed E-state index contributed by atoms with van der Waals surface area (Å²) in [6, 6.07) is 0. The van der Waals surface area contributed by atoms with Crippen LogP contribution in [-0.4, -0.2) is 73.8 Å². The van der Waals surface area contributed by atoms with Gasteiger partial charge in [0.1, 0.15) is 26.4 Å². The Balaban J connectivity index is 6.11. The topological polar surface area (TPSA) is 108 Å². The predicted octanol–water partition coefficient (Wildman–Crippen LogP) is 2.86. The second-order valence-electron chi connectivity index (χ2n) is 7.29. The normalized spacial score (nSPS) is 10.4. The molecule has 0 atom stereocenters. The maximum absolute atomic E-state index is 11.9. The summed E-state index contributed by atoms with van der Waals surface area (Å²) < 4.78 is 21.0. The molecule has 0 unspecified atom stereocenters. The van der Waals surface area contributed by atoms with E-state index in [9.17, 15) is 19.2 Å². The largest absolute Gasteiger partial charge is 0.461 e. The Kier molecular flexibility index (Phi) is 15.8. The lowest BCUT2D eigenvalue weighted by Gasteiger charge is -2.43. The minimum atomic E-state index is -1.07. The Morgan fingerprint density at radius 1 is 0.657 bits per heavy atom. The maximum Gasteiger partial charge on any atom is 0.330 e. The molecule has 35 heavy (non-hydrogen) atoms. The molecule has 0 aromatic carbocycles. The van der Waals surface area contributed by atoms with Crippen LogP contribution in [-0.2, 0) is 38.1 Å². The third kappa shape index (κ3) is 12.9. The monoisotopic (exact) mass is 489 g/mol. The molecular formula is C26H35NO8. The van der Waals surface area contributed by atoms with E-state index in [1.165, 1.54) is 0 Å². The van der Waals surface area contributed by atoms with Crippen LogP contribution in [0, 0.1) is 0 Å². The first kappa shape index (κ1) is 31.3. The molecule has 0 bridgehead atoms. The second kappa shape index (κ2) is 17.7. The van der Waals surface area contributed by atoms with Gasteiger partial charge in [-0.05, 0) is 19.3 Å². The van der Waals surface area contributed by atoms with Crippen molar-refractivity contribution in [3.63, 3.8) is 0 Å². The van der Waals surface area contributed by atoms with E-state index < -0.39 is 29.4 Å². The second-order valence-corrected chi connectivity index (χ2v) is 7.29. The average Bonchev–Trinajstić information content (AvgIpc) is 2.87. The van der Waals surface area contributed by atoms with Gasteiger partial charge in [-0.3, -0.25) is 4.90 Å². The van der Waals surface area contributed by atoms with Crippen molar-refractivity contribution < 1.29 is 38.1 Å². The average molecular weight is 490 g/mol. The van der Waals surface area contributed by atoms with Gasteiger partial charge in [-0.1, -0.05) is 51.1 Å². The van der Waals surface area contributed by atoms with Gasteiger partial charge in [-0.15, -0.1) is 0 Å². The zero-order chi connectivity index (χ0) is 26.7. The van der Waals surface area contributed by atoms with Crippen molar-refractivity contribution in [3.05, 3.63) is 75.4 Å². The molecule has 0 aromatic rings. The summed E-state index contributed by atoms with van der Waals surface area (Å²) in [5, 5.41) is 0. The molecule has 0 aromatic heterocycles. The first-order valence-corrected chi connectivity index (χ1v) is 10.9. The van der Waals surface area contributed by atoms with E-state index in [1.54, 1.807) is 11.0 Å². The predicted molar refractivity (Wildman–Crippen MR) is 132 cm³/mol. The van der Waals surface area contributed by atoms with Gasteiger partial charge in [0.15, 0.2) is 0 Å². The Morgan fingerprint density at radius 2 is 1.06 bits per heavy atom. The molecule has 0 saturated heterocycles. The highest BCUT2D eigenvalue weighted by atomic mass is 16.6. The lowest BCUT2D eigenvalue weighted by Crippen LogP contribution is -2.58. The molecule has 192 valence electrons. The molecule has 0 aliphatic rings. The molecule has 0 aliphatic heterocycles. The fourth-order valence-corrected chi connectivity index (χ4v) is 3.02. The van der Waals surface area contributed by atoms with Crippen molar-refractivity contribution in [2.24, 2.45) is 0 Å². The van der Waals surface area contributed by atoms with Crippen molar-refractivity contribution in [2.75, 3.05) is 39.5 Å². The van der Waals surface area contributed by atoms with Crippen molar-refractivity contribution in [1.82, 2.24) is 4.90 Å². The summed E-state index contributed by atoms with van der Waals surface area (Å²) in [7, 11) is 0. The van der Waals surface area contributed by atoms with Crippen LogP contribution in [0.25, 0.3) is 0 Å². The van der Waals surface area contributed by atoms with Gasteiger partial charge in [-0.25, -0.2) is 19.2 Å². The number of nitrogens with zero attached hydrogens (tertiary/aromatic N) is 1. The fourth-order valence-electron chi connectivity index (χ4n) is 3.02. The van der Waals surface area contributed by atoms with E-state index >= 15 is 0 Å². The third-order valence-electron chi connectivity index (χ3n) is 4.94. The van der Waals surface area contributed by atoms with Crippen LogP contribution in [0.2, 0.25) is 0 Å². The summed E-state index contributed by atoms with van der Waals surface area (Å²) in [6.07, 6.45) is 7.25. The van der Waals surface area contributed by atoms with Crippen LogP contribution < -0.4 is 0 Å². The van der Waals surface area contributed by atoms with Crippen LogP contribution in [0.4, 0.5) is 0 Å². The minimum Gasteiger partial charge on any atom is -0.461 e. The van der Waals surface area contributed by atoms with Crippen molar-refractivity contribution in [3.8, 4) is 0 Å². The van der Waals surface area contributed by atoms with Crippen LogP contribution in [0.3, 0.4) is 0 Å². The number of carbonyl (C=O) groups excluding carboxylic acids is 4. The Hall–Kier alpha value is -3.72. The van der Waals surface area contributed by atoms with E-state index in [1.807, 2.05) is 0 Å². The van der Waals surface area contributed by atoms with E-state index in [0.29, 0.717) is 19.3 Å². The fraction of sp³-hybridized carbons (Fsp3) is 0.385. The van der Waals surface area contributed by atoms with Gasteiger partial charge in [0.2, 0.25) is 0 Å². The molecular weight excluding hydrogens is 454 g/mol. The highest BCUT2D eigenvalue weighted by molar-refractivity contribution is 5.82. The van der Waals surface area contributed by atoms with Crippen LogP contribution in [0.1, 0.15) is 19.3 Å². The Labute approximate surface area is 207 Å². The number of rotatable bonds is 20.